The largest absolute Gasteiger partial charge is 0.398 e. The maximum atomic E-state index is 11.5. The molecule has 1 atom stereocenters. The number of carbonyl (C=O) groups is 3. The normalized spacial score (nSPS) is 20.3. The number of carbonyl (C=O) groups excluding carboxylic acids is 3. The van der Waals surface area contributed by atoms with Crippen LogP contribution in [-0.4, -0.2) is 28.6 Å². The van der Waals surface area contributed by atoms with Crippen LogP contribution in [0.15, 0.2) is 18.2 Å². The summed E-state index contributed by atoms with van der Waals surface area (Å²) >= 11 is 0. The number of rotatable bonds is 0. The Morgan fingerprint density at radius 1 is 1.13 bits per heavy atom. The first kappa shape index (κ1) is 9.54. The van der Waals surface area contributed by atoms with E-state index >= 15 is 0 Å². The molecule has 2 rings (SSSR count). The van der Waals surface area contributed by atoms with Gasteiger partial charge in [0.15, 0.2) is 11.9 Å². The van der Waals surface area contributed by atoms with Crippen LogP contribution in [0.25, 0.3) is 0 Å². The van der Waals surface area contributed by atoms with E-state index < -0.39 is 23.5 Å². The third-order valence-corrected chi connectivity index (χ3v) is 2.31. The molecule has 0 bridgehead atoms. The van der Waals surface area contributed by atoms with Crippen LogP contribution in [0.4, 0.5) is 5.69 Å². The second kappa shape index (κ2) is 2.99. The van der Waals surface area contributed by atoms with Crippen LogP contribution in [0, 0.1) is 0 Å². The third-order valence-electron chi connectivity index (χ3n) is 2.31. The molecule has 15 heavy (non-hydrogen) atoms. The van der Waals surface area contributed by atoms with Crippen molar-refractivity contribution in [2.24, 2.45) is 0 Å². The lowest BCUT2D eigenvalue weighted by atomic mass is 9.86. The Labute approximate surface area is 84.5 Å². The maximum Gasteiger partial charge on any atom is 0.239 e. The van der Waals surface area contributed by atoms with Gasteiger partial charge in [-0.05, 0) is 6.07 Å². The summed E-state index contributed by atoms with van der Waals surface area (Å²) in [7, 11) is 0. The minimum atomic E-state index is -1.88. The molecule has 1 aromatic rings. The van der Waals surface area contributed by atoms with Crippen molar-refractivity contribution in [3.8, 4) is 0 Å². The van der Waals surface area contributed by atoms with E-state index in [1.807, 2.05) is 0 Å². The van der Waals surface area contributed by atoms with Crippen molar-refractivity contribution in [1.82, 2.24) is 0 Å². The summed E-state index contributed by atoms with van der Waals surface area (Å²) in [6.07, 6.45) is -1.88. The molecule has 0 spiro atoms. The van der Waals surface area contributed by atoms with E-state index in [0.717, 1.165) is 0 Å². The Morgan fingerprint density at radius 3 is 2.47 bits per heavy atom. The van der Waals surface area contributed by atoms with Gasteiger partial charge in [-0.15, -0.1) is 0 Å². The molecule has 0 radical (unpaired) electrons. The van der Waals surface area contributed by atoms with Gasteiger partial charge in [0.1, 0.15) is 0 Å². The van der Waals surface area contributed by atoms with E-state index in [0.29, 0.717) is 0 Å². The summed E-state index contributed by atoms with van der Waals surface area (Å²) in [6.45, 7) is 0. The Balaban J connectivity index is 2.75. The highest BCUT2D eigenvalue weighted by atomic mass is 16.3. The van der Waals surface area contributed by atoms with Gasteiger partial charge in [-0.1, -0.05) is 12.1 Å². The molecule has 1 unspecified atom stereocenters. The molecule has 5 nitrogen and oxygen atoms in total. The standard InChI is InChI=1S/C10H7NO4/c11-5-3-1-2-4-6(5)8(13)10(15)9(14)7(4)12/h1-3,9,14H,11H2. The lowest BCUT2D eigenvalue weighted by Crippen LogP contribution is -2.41. The maximum absolute atomic E-state index is 11.5. The van der Waals surface area contributed by atoms with Crippen molar-refractivity contribution in [1.29, 1.82) is 0 Å². The van der Waals surface area contributed by atoms with Crippen molar-refractivity contribution >= 4 is 23.0 Å². The number of Topliss-reactive ketones (excluding diaryl/α,β-unsaturated/α-hetero) is 3. The highest BCUT2D eigenvalue weighted by molar-refractivity contribution is 6.53. The number of nitrogens with two attached hydrogens (primary N) is 1. The Bertz CT molecular complexity index is 492. The fourth-order valence-electron chi connectivity index (χ4n) is 1.54. The second-order valence-corrected chi connectivity index (χ2v) is 3.23. The summed E-state index contributed by atoms with van der Waals surface area (Å²) in [5.41, 5.74) is 5.48. The van der Waals surface area contributed by atoms with Crippen LogP contribution in [0.5, 0.6) is 0 Å². The number of hydrogen-bond acceptors (Lipinski definition) is 5. The minimum Gasteiger partial charge on any atom is -0.398 e. The van der Waals surface area contributed by atoms with Gasteiger partial charge in [0.05, 0.1) is 5.56 Å². The van der Waals surface area contributed by atoms with Gasteiger partial charge in [-0.25, -0.2) is 0 Å². The first-order valence-electron chi connectivity index (χ1n) is 4.23. The Morgan fingerprint density at radius 2 is 1.80 bits per heavy atom. The Hall–Kier alpha value is -2.01. The highest BCUT2D eigenvalue weighted by Crippen LogP contribution is 2.24. The monoisotopic (exact) mass is 205 g/mol. The van der Waals surface area contributed by atoms with Gasteiger partial charge in [0, 0.05) is 11.3 Å². The van der Waals surface area contributed by atoms with Crippen molar-refractivity contribution in [3.63, 3.8) is 0 Å². The van der Waals surface area contributed by atoms with Gasteiger partial charge in [-0.2, -0.15) is 0 Å². The molecule has 1 aliphatic carbocycles. The number of aliphatic hydroxyl groups is 1. The molecular weight excluding hydrogens is 198 g/mol. The van der Waals surface area contributed by atoms with Crippen molar-refractivity contribution in [3.05, 3.63) is 29.3 Å². The lowest BCUT2D eigenvalue weighted by Gasteiger charge is -2.18. The zero-order chi connectivity index (χ0) is 11.2. The van der Waals surface area contributed by atoms with E-state index in [4.69, 9.17) is 5.73 Å². The molecule has 0 amide bonds. The van der Waals surface area contributed by atoms with Gasteiger partial charge in [0.2, 0.25) is 11.6 Å². The molecule has 0 saturated carbocycles. The van der Waals surface area contributed by atoms with Crippen molar-refractivity contribution in [2.75, 3.05) is 5.73 Å². The zero-order valence-corrected chi connectivity index (χ0v) is 7.56. The van der Waals surface area contributed by atoms with Gasteiger partial charge in [-0.3, -0.25) is 14.4 Å². The summed E-state index contributed by atoms with van der Waals surface area (Å²) in [5.74, 6) is -2.80. The summed E-state index contributed by atoms with van der Waals surface area (Å²) in [5, 5.41) is 9.19. The Kier molecular flexibility index (Phi) is 1.90. The topological polar surface area (TPSA) is 97.5 Å². The predicted molar refractivity (Wildman–Crippen MR) is 50.5 cm³/mol. The molecule has 1 aromatic carbocycles. The number of fused-ring (bicyclic) bond motifs is 1. The molecule has 0 aliphatic heterocycles. The fourth-order valence-corrected chi connectivity index (χ4v) is 1.54. The molecule has 0 saturated heterocycles. The minimum absolute atomic E-state index is 0.00657. The first-order valence-corrected chi connectivity index (χ1v) is 4.23. The smallest absolute Gasteiger partial charge is 0.239 e. The number of ketones is 3. The van der Waals surface area contributed by atoms with Crippen LogP contribution in [-0.2, 0) is 4.79 Å². The van der Waals surface area contributed by atoms with Crippen molar-refractivity contribution < 1.29 is 19.5 Å². The second-order valence-electron chi connectivity index (χ2n) is 3.23. The van der Waals surface area contributed by atoms with Crippen LogP contribution in [0.2, 0.25) is 0 Å². The van der Waals surface area contributed by atoms with Crippen LogP contribution in [0.3, 0.4) is 0 Å². The molecule has 3 N–H and O–H groups in total. The quantitative estimate of drug-likeness (QED) is 0.340. The van der Waals surface area contributed by atoms with E-state index in [2.05, 4.69) is 0 Å². The average Bonchev–Trinajstić information content (AvgIpc) is 2.23. The van der Waals surface area contributed by atoms with Gasteiger partial charge >= 0.3 is 0 Å². The number of nitrogen functional groups attached to an aromatic ring is 1. The highest BCUT2D eigenvalue weighted by Gasteiger charge is 2.39. The molecule has 1 aliphatic rings. The van der Waals surface area contributed by atoms with Crippen LogP contribution >= 0.6 is 0 Å². The summed E-state index contributed by atoms with van der Waals surface area (Å²) in [4.78, 5) is 34.1. The first-order chi connectivity index (χ1) is 7.04. The van der Waals surface area contributed by atoms with Gasteiger partial charge < -0.3 is 10.8 Å². The van der Waals surface area contributed by atoms with Crippen LogP contribution < -0.4 is 5.73 Å². The molecule has 0 aromatic heterocycles. The summed E-state index contributed by atoms with van der Waals surface area (Å²) in [6, 6.07) is 4.28. The molecule has 76 valence electrons. The molecule has 0 heterocycles. The predicted octanol–water partition coefficient (Wildman–Crippen LogP) is -0.422. The lowest BCUT2D eigenvalue weighted by molar-refractivity contribution is -0.120. The molecule has 0 fully saturated rings. The number of anilines is 1. The number of hydrogen-bond donors (Lipinski definition) is 2. The van der Waals surface area contributed by atoms with E-state index in [-0.39, 0.29) is 16.8 Å². The third kappa shape index (κ3) is 1.17. The SMILES string of the molecule is Nc1cccc2c1C(=O)C(=O)C(O)C2=O. The zero-order valence-electron chi connectivity index (χ0n) is 7.56. The van der Waals surface area contributed by atoms with Crippen molar-refractivity contribution in [2.45, 2.75) is 6.10 Å². The number of benzene rings is 1. The van der Waals surface area contributed by atoms with Gasteiger partial charge in [0.25, 0.3) is 0 Å². The fraction of sp³-hybridized carbons (Fsp3) is 0.100. The average molecular weight is 205 g/mol. The van der Waals surface area contributed by atoms with E-state index in [9.17, 15) is 19.5 Å². The number of aliphatic hydroxyl groups excluding tert-OH is 1. The molecular formula is C10H7NO4. The van der Waals surface area contributed by atoms with Crippen LogP contribution in [0.1, 0.15) is 20.7 Å². The summed E-state index contributed by atoms with van der Waals surface area (Å²) < 4.78 is 0. The molecule has 5 heteroatoms. The van der Waals surface area contributed by atoms with E-state index in [1.165, 1.54) is 18.2 Å². The van der Waals surface area contributed by atoms with E-state index in [1.54, 1.807) is 0 Å².